The summed E-state index contributed by atoms with van der Waals surface area (Å²) in [7, 11) is 0. The zero-order chi connectivity index (χ0) is 13.2. The zero-order valence-corrected chi connectivity index (χ0v) is 11.6. The van der Waals surface area contributed by atoms with Gasteiger partial charge in [-0.2, -0.15) is 10.1 Å². The number of hydrogen-bond acceptors (Lipinski definition) is 6. The van der Waals surface area contributed by atoms with E-state index in [-0.39, 0.29) is 5.56 Å². The van der Waals surface area contributed by atoms with Gasteiger partial charge in [-0.3, -0.25) is 4.79 Å². The van der Waals surface area contributed by atoms with Crippen LogP contribution >= 0.6 is 15.9 Å². The van der Waals surface area contributed by atoms with Crippen molar-refractivity contribution in [2.75, 3.05) is 5.32 Å². The van der Waals surface area contributed by atoms with Crippen molar-refractivity contribution in [1.82, 2.24) is 19.9 Å². The summed E-state index contributed by atoms with van der Waals surface area (Å²) < 4.78 is 6.61. The van der Waals surface area contributed by atoms with Gasteiger partial charge in [0.15, 0.2) is 5.82 Å². The molecule has 0 spiro atoms. The average Bonchev–Trinajstić information content (AvgIpc) is 3.07. The molecular weight excluding hydrogens is 314 g/mol. The van der Waals surface area contributed by atoms with Crippen LogP contribution in [0.25, 0.3) is 0 Å². The van der Waals surface area contributed by atoms with Crippen molar-refractivity contribution >= 4 is 21.6 Å². The highest BCUT2D eigenvalue weighted by atomic mass is 79.9. The van der Waals surface area contributed by atoms with E-state index in [1.54, 1.807) is 6.20 Å². The van der Waals surface area contributed by atoms with E-state index in [9.17, 15) is 4.79 Å². The lowest BCUT2D eigenvalue weighted by molar-refractivity contribution is 0.411. The second kappa shape index (κ2) is 5.12. The predicted octanol–water partition coefficient (Wildman–Crippen LogP) is 1.41. The van der Waals surface area contributed by atoms with E-state index >= 15 is 0 Å². The van der Waals surface area contributed by atoms with Crippen LogP contribution in [0, 0.1) is 5.92 Å². The van der Waals surface area contributed by atoms with Gasteiger partial charge >= 0.3 is 0 Å². The lowest BCUT2D eigenvalue weighted by atomic mass is 10.4. The Hall–Kier alpha value is -1.70. The number of nitrogens with one attached hydrogen (secondary N) is 1. The lowest BCUT2D eigenvalue weighted by Gasteiger charge is -2.08. The number of anilines is 1. The van der Waals surface area contributed by atoms with Crippen molar-refractivity contribution in [1.29, 1.82) is 0 Å². The molecule has 0 radical (unpaired) electrons. The van der Waals surface area contributed by atoms with Gasteiger partial charge in [-0.25, -0.2) is 4.68 Å². The topological polar surface area (TPSA) is 85.8 Å². The second-order valence-electron chi connectivity index (χ2n) is 4.50. The first-order chi connectivity index (χ1) is 9.24. The molecule has 100 valence electrons. The number of aromatic nitrogens is 4. The number of nitrogens with zero attached hydrogens (tertiary/aromatic N) is 4. The van der Waals surface area contributed by atoms with Crippen molar-refractivity contribution in [3.8, 4) is 0 Å². The Morgan fingerprint density at radius 1 is 1.53 bits per heavy atom. The molecule has 0 saturated heterocycles. The van der Waals surface area contributed by atoms with E-state index in [2.05, 4.69) is 41.0 Å². The highest BCUT2D eigenvalue weighted by Crippen LogP contribution is 2.30. The van der Waals surface area contributed by atoms with Crippen LogP contribution < -0.4 is 10.9 Å². The molecule has 1 saturated carbocycles. The molecule has 2 aromatic heterocycles. The van der Waals surface area contributed by atoms with Gasteiger partial charge in [0.2, 0.25) is 6.39 Å². The highest BCUT2D eigenvalue weighted by Gasteiger charge is 2.23. The molecule has 0 atom stereocenters. The Kier molecular flexibility index (Phi) is 3.33. The van der Waals surface area contributed by atoms with Crippen molar-refractivity contribution in [3.63, 3.8) is 0 Å². The van der Waals surface area contributed by atoms with Gasteiger partial charge in [-0.15, -0.1) is 0 Å². The Morgan fingerprint density at radius 3 is 3.05 bits per heavy atom. The minimum atomic E-state index is -0.120. The van der Waals surface area contributed by atoms with Crippen LogP contribution in [0.2, 0.25) is 0 Å². The Labute approximate surface area is 117 Å². The van der Waals surface area contributed by atoms with Crippen LogP contribution in [0.1, 0.15) is 18.7 Å². The molecule has 1 aliphatic carbocycles. The quantitative estimate of drug-likeness (QED) is 0.894. The van der Waals surface area contributed by atoms with E-state index in [1.165, 1.54) is 23.9 Å². The summed E-state index contributed by atoms with van der Waals surface area (Å²) >= 11 is 3.31. The molecular formula is C11H12BrN5O2. The van der Waals surface area contributed by atoms with E-state index in [0.29, 0.717) is 35.0 Å². The van der Waals surface area contributed by atoms with Crippen molar-refractivity contribution in [3.05, 3.63) is 33.2 Å². The standard InChI is InChI=1S/C11H12BrN5O2/c12-10-8(13-4-9-14-6-19-16-9)3-15-17(11(10)18)5-7-1-2-7/h3,6-7,13H,1-2,4-5H2. The minimum absolute atomic E-state index is 0.120. The first kappa shape index (κ1) is 12.3. The minimum Gasteiger partial charge on any atom is -0.375 e. The van der Waals surface area contributed by atoms with Crippen LogP contribution in [0.5, 0.6) is 0 Å². The van der Waals surface area contributed by atoms with Gasteiger partial charge in [0.1, 0.15) is 4.47 Å². The second-order valence-corrected chi connectivity index (χ2v) is 5.30. The molecule has 0 unspecified atom stereocenters. The Bertz CT molecular complexity index is 621. The fourth-order valence-electron chi connectivity index (χ4n) is 1.71. The van der Waals surface area contributed by atoms with Crippen molar-refractivity contribution in [2.24, 2.45) is 5.92 Å². The third kappa shape index (κ3) is 2.83. The van der Waals surface area contributed by atoms with E-state index in [0.717, 1.165) is 0 Å². The maximum Gasteiger partial charge on any atom is 0.283 e. The summed E-state index contributed by atoms with van der Waals surface area (Å²) in [6, 6.07) is 0. The van der Waals surface area contributed by atoms with Crippen LogP contribution in [-0.4, -0.2) is 19.9 Å². The van der Waals surface area contributed by atoms with E-state index in [1.807, 2.05) is 0 Å². The molecule has 8 heteroatoms. The fourth-order valence-corrected chi connectivity index (χ4v) is 2.16. The summed E-state index contributed by atoms with van der Waals surface area (Å²) in [5.74, 6) is 1.13. The van der Waals surface area contributed by atoms with Gasteiger partial charge in [-0.1, -0.05) is 5.16 Å². The molecule has 0 bridgehead atoms. The highest BCUT2D eigenvalue weighted by molar-refractivity contribution is 9.10. The summed E-state index contributed by atoms with van der Waals surface area (Å²) in [6.07, 6.45) is 5.26. The van der Waals surface area contributed by atoms with E-state index in [4.69, 9.17) is 0 Å². The average molecular weight is 326 g/mol. The monoisotopic (exact) mass is 325 g/mol. The van der Waals surface area contributed by atoms with Crippen molar-refractivity contribution < 1.29 is 4.52 Å². The molecule has 1 fully saturated rings. The van der Waals surface area contributed by atoms with Gasteiger partial charge in [-0.05, 0) is 34.7 Å². The maximum absolute atomic E-state index is 12.1. The molecule has 19 heavy (non-hydrogen) atoms. The zero-order valence-electron chi connectivity index (χ0n) is 10.0. The predicted molar refractivity (Wildman–Crippen MR) is 70.5 cm³/mol. The lowest BCUT2D eigenvalue weighted by Crippen LogP contribution is -2.25. The van der Waals surface area contributed by atoms with Crippen molar-refractivity contribution in [2.45, 2.75) is 25.9 Å². The number of hydrogen-bond donors (Lipinski definition) is 1. The van der Waals surface area contributed by atoms with Crippen LogP contribution in [0.15, 0.2) is 26.4 Å². The molecule has 3 rings (SSSR count). The van der Waals surface area contributed by atoms with Gasteiger partial charge in [0.05, 0.1) is 18.4 Å². The largest absolute Gasteiger partial charge is 0.375 e. The molecule has 2 aromatic rings. The van der Waals surface area contributed by atoms with Gasteiger partial charge in [0.25, 0.3) is 5.56 Å². The summed E-state index contributed by atoms with van der Waals surface area (Å²) in [5, 5.41) is 10.9. The van der Waals surface area contributed by atoms with Crippen LogP contribution in [0.3, 0.4) is 0 Å². The molecule has 0 aliphatic heterocycles. The summed E-state index contributed by atoms with van der Waals surface area (Å²) in [4.78, 5) is 16.0. The maximum atomic E-state index is 12.1. The normalized spacial score (nSPS) is 14.6. The summed E-state index contributed by atoms with van der Waals surface area (Å²) in [6.45, 7) is 1.07. The molecule has 0 amide bonds. The fraction of sp³-hybridized carbons (Fsp3) is 0.455. The molecule has 2 heterocycles. The smallest absolute Gasteiger partial charge is 0.283 e. The van der Waals surface area contributed by atoms with Crippen LogP contribution in [0.4, 0.5) is 5.69 Å². The Balaban J connectivity index is 1.74. The molecule has 7 nitrogen and oxygen atoms in total. The molecule has 1 aliphatic rings. The first-order valence-corrected chi connectivity index (χ1v) is 6.78. The third-order valence-electron chi connectivity index (χ3n) is 2.96. The molecule has 1 N–H and O–H groups in total. The van der Waals surface area contributed by atoms with Gasteiger partial charge < -0.3 is 9.84 Å². The van der Waals surface area contributed by atoms with Crippen LogP contribution in [-0.2, 0) is 13.1 Å². The third-order valence-corrected chi connectivity index (χ3v) is 3.72. The Morgan fingerprint density at radius 2 is 2.37 bits per heavy atom. The molecule has 0 aromatic carbocycles. The SMILES string of the molecule is O=c1c(Br)c(NCc2ncon2)cnn1CC1CC1. The van der Waals surface area contributed by atoms with Gasteiger partial charge in [0, 0.05) is 6.54 Å². The number of halogens is 1. The number of rotatable bonds is 5. The summed E-state index contributed by atoms with van der Waals surface area (Å²) in [5.41, 5.74) is 0.506. The van der Waals surface area contributed by atoms with E-state index < -0.39 is 0 Å². The first-order valence-electron chi connectivity index (χ1n) is 5.99.